The number of carboxylic acid groups (broad SMARTS) is 1. The maximum atomic E-state index is 11.1. The molecule has 98 valence electrons. The van der Waals surface area contributed by atoms with Crippen LogP contribution in [0.5, 0.6) is 0 Å². The molecule has 0 bridgehead atoms. The highest BCUT2D eigenvalue weighted by Crippen LogP contribution is 2.24. The minimum atomic E-state index is -0.749. The van der Waals surface area contributed by atoms with Gasteiger partial charge in [0.2, 0.25) is 0 Å². The van der Waals surface area contributed by atoms with Crippen LogP contribution < -0.4 is 0 Å². The molecule has 0 amide bonds. The first-order chi connectivity index (χ1) is 8.58. The number of rotatable bonds is 2. The van der Waals surface area contributed by atoms with Gasteiger partial charge in [-0.2, -0.15) is 0 Å². The third-order valence-corrected chi connectivity index (χ3v) is 2.97. The first-order valence-electron chi connectivity index (χ1n) is 6.30. The van der Waals surface area contributed by atoms with Gasteiger partial charge in [0, 0.05) is 12.6 Å². The molecular weight excluding hydrogens is 230 g/mol. The van der Waals surface area contributed by atoms with Gasteiger partial charge >= 0.3 is 5.97 Å². The number of hydrogen-bond donors (Lipinski definition) is 1. The molecule has 0 aromatic carbocycles. The summed E-state index contributed by atoms with van der Waals surface area (Å²) in [6, 6.07) is 3.50. The molecule has 4 heteroatoms. The summed E-state index contributed by atoms with van der Waals surface area (Å²) in [6.07, 6.45) is 1.78. The van der Waals surface area contributed by atoms with Crippen LogP contribution in [0.15, 0.2) is 12.1 Å². The number of aliphatic carboxylic acids is 1. The molecule has 1 aromatic rings. The van der Waals surface area contributed by atoms with Gasteiger partial charge in [-0.15, -0.1) is 0 Å². The van der Waals surface area contributed by atoms with E-state index in [1.165, 1.54) is 6.92 Å². The van der Waals surface area contributed by atoms with Crippen LogP contribution in [0.4, 0.5) is 0 Å². The lowest BCUT2D eigenvalue weighted by atomic mass is 9.86. The number of pyridine rings is 1. The lowest BCUT2D eigenvalue weighted by Gasteiger charge is -2.20. The largest absolute Gasteiger partial charge is 0.481 e. The molecule has 1 aromatic heterocycles. The van der Waals surface area contributed by atoms with Gasteiger partial charge in [0.15, 0.2) is 5.78 Å². The number of carbonyl (C=O) groups is 2. The Labute approximate surface area is 107 Å². The second kappa shape index (κ2) is 6.28. The van der Waals surface area contributed by atoms with Gasteiger partial charge in [-0.1, -0.05) is 19.9 Å². The number of aromatic nitrogens is 1. The molecule has 0 saturated carbocycles. The van der Waals surface area contributed by atoms with E-state index in [2.05, 4.69) is 4.98 Å². The van der Waals surface area contributed by atoms with E-state index in [0.29, 0.717) is 25.0 Å². The van der Waals surface area contributed by atoms with E-state index in [9.17, 15) is 9.59 Å². The predicted molar refractivity (Wildman–Crippen MR) is 68.7 cm³/mol. The van der Waals surface area contributed by atoms with Crippen molar-refractivity contribution in [1.29, 1.82) is 0 Å². The quantitative estimate of drug-likeness (QED) is 0.818. The van der Waals surface area contributed by atoms with Crippen molar-refractivity contribution in [1.82, 2.24) is 4.98 Å². The standard InChI is InChI=1S/C12H13NO3.C2H6/c1-7(14)10-4-2-8-6-9(12(15)16)3-5-11(8)13-10;1-2/h2,4,9H,3,5-6H2,1H3,(H,15,16);1-2H3. The number of carboxylic acids is 1. The average molecular weight is 249 g/mol. The molecule has 0 spiro atoms. The molecule has 0 saturated heterocycles. The summed E-state index contributed by atoms with van der Waals surface area (Å²) >= 11 is 0. The molecule has 0 radical (unpaired) electrons. The second-order valence-electron chi connectivity index (χ2n) is 4.14. The minimum absolute atomic E-state index is 0.0526. The highest BCUT2D eigenvalue weighted by Gasteiger charge is 2.25. The van der Waals surface area contributed by atoms with Gasteiger partial charge in [0.25, 0.3) is 0 Å². The van der Waals surface area contributed by atoms with E-state index in [4.69, 9.17) is 5.11 Å². The van der Waals surface area contributed by atoms with Gasteiger partial charge in [-0.05, 0) is 30.9 Å². The van der Waals surface area contributed by atoms with E-state index in [1.54, 1.807) is 6.07 Å². The van der Waals surface area contributed by atoms with Crippen molar-refractivity contribution in [2.45, 2.75) is 40.0 Å². The highest BCUT2D eigenvalue weighted by molar-refractivity contribution is 5.92. The maximum absolute atomic E-state index is 11.1. The maximum Gasteiger partial charge on any atom is 0.306 e. The smallest absolute Gasteiger partial charge is 0.306 e. The number of aryl methyl sites for hydroxylation is 1. The summed E-state index contributed by atoms with van der Waals surface area (Å²) in [7, 11) is 0. The van der Waals surface area contributed by atoms with Crippen LogP contribution in [-0.2, 0) is 17.6 Å². The molecule has 0 fully saturated rings. The van der Waals surface area contributed by atoms with Crippen molar-refractivity contribution in [3.8, 4) is 0 Å². The lowest BCUT2D eigenvalue weighted by Crippen LogP contribution is -2.23. The molecule has 1 unspecified atom stereocenters. The summed E-state index contributed by atoms with van der Waals surface area (Å²) in [6.45, 7) is 5.48. The Hall–Kier alpha value is -1.71. The molecule has 18 heavy (non-hydrogen) atoms. The summed E-state index contributed by atoms with van der Waals surface area (Å²) < 4.78 is 0. The molecule has 1 aliphatic carbocycles. The number of carbonyl (C=O) groups excluding carboxylic acids is 1. The average Bonchev–Trinajstić information content (AvgIpc) is 2.39. The van der Waals surface area contributed by atoms with Gasteiger partial charge in [0.05, 0.1) is 5.92 Å². The molecular formula is C14H19NO3. The van der Waals surface area contributed by atoms with E-state index in [1.807, 2.05) is 19.9 Å². The predicted octanol–water partition coefficient (Wildman–Crippen LogP) is 2.50. The third kappa shape index (κ3) is 3.15. The fourth-order valence-corrected chi connectivity index (χ4v) is 2.02. The number of nitrogens with zero attached hydrogens (tertiary/aromatic N) is 1. The highest BCUT2D eigenvalue weighted by atomic mass is 16.4. The second-order valence-corrected chi connectivity index (χ2v) is 4.14. The van der Waals surface area contributed by atoms with Crippen LogP contribution >= 0.6 is 0 Å². The number of Topliss-reactive ketones (excluding diaryl/α,β-unsaturated/α-hetero) is 1. The van der Waals surface area contributed by atoms with Crippen LogP contribution in [-0.4, -0.2) is 21.8 Å². The Bertz CT molecular complexity index is 454. The van der Waals surface area contributed by atoms with Crippen molar-refractivity contribution in [2.75, 3.05) is 0 Å². The molecule has 1 aliphatic rings. The van der Waals surface area contributed by atoms with Crippen LogP contribution in [0.2, 0.25) is 0 Å². The SMILES string of the molecule is CC.CC(=O)c1ccc2c(n1)CCC(C(=O)O)C2. The third-order valence-electron chi connectivity index (χ3n) is 2.97. The fraction of sp³-hybridized carbons (Fsp3) is 0.500. The molecule has 0 aliphatic heterocycles. The zero-order valence-corrected chi connectivity index (χ0v) is 11.1. The minimum Gasteiger partial charge on any atom is -0.481 e. The Morgan fingerprint density at radius 1 is 1.33 bits per heavy atom. The summed E-state index contributed by atoms with van der Waals surface area (Å²) in [5.74, 6) is -1.11. The van der Waals surface area contributed by atoms with E-state index >= 15 is 0 Å². The van der Waals surface area contributed by atoms with Gasteiger partial charge in [-0.25, -0.2) is 4.98 Å². The van der Waals surface area contributed by atoms with Gasteiger partial charge in [-0.3, -0.25) is 9.59 Å². The summed E-state index contributed by atoms with van der Waals surface area (Å²) in [5.41, 5.74) is 2.31. The Morgan fingerprint density at radius 2 is 2.00 bits per heavy atom. The van der Waals surface area contributed by atoms with Crippen molar-refractivity contribution in [2.24, 2.45) is 5.92 Å². The summed E-state index contributed by atoms with van der Waals surface area (Å²) in [4.78, 5) is 26.3. The zero-order valence-electron chi connectivity index (χ0n) is 11.1. The monoisotopic (exact) mass is 249 g/mol. The number of hydrogen-bond acceptors (Lipinski definition) is 3. The lowest BCUT2D eigenvalue weighted by molar-refractivity contribution is -0.142. The van der Waals surface area contributed by atoms with Crippen LogP contribution in [0.1, 0.15) is 48.9 Å². The zero-order chi connectivity index (χ0) is 13.7. The molecule has 1 heterocycles. The summed E-state index contributed by atoms with van der Waals surface area (Å²) in [5, 5.41) is 8.93. The number of fused-ring (bicyclic) bond motifs is 1. The Kier molecular flexibility index (Phi) is 5.01. The topological polar surface area (TPSA) is 67.3 Å². The van der Waals surface area contributed by atoms with Gasteiger partial charge in [0.1, 0.15) is 5.69 Å². The van der Waals surface area contributed by atoms with Crippen molar-refractivity contribution in [3.63, 3.8) is 0 Å². The van der Waals surface area contributed by atoms with Crippen molar-refractivity contribution >= 4 is 11.8 Å². The Morgan fingerprint density at radius 3 is 2.56 bits per heavy atom. The normalized spacial score (nSPS) is 17.2. The van der Waals surface area contributed by atoms with Crippen molar-refractivity contribution < 1.29 is 14.7 Å². The van der Waals surface area contributed by atoms with Gasteiger partial charge < -0.3 is 5.11 Å². The van der Waals surface area contributed by atoms with Crippen LogP contribution in [0, 0.1) is 5.92 Å². The molecule has 2 rings (SSSR count). The van der Waals surface area contributed by atoms with E-state index in [0.717, 1.165) is 11.3 Å². The van der Waals surface area contributed by atoms with Crippen LogP contribution in [0.25, 0.3) is 0 Å². The fourth-order valence-electron chi connectivity index (χ4n) is 2.02. The number of ketones is 1. The molecule has 1 N–H and O–H groups in total. The van der Waals surface area contributed by atoms with Crippen LogP contribution in [0.3, 0.4) is 0 Å². The van der Waals surface area contributed by atoms with E-state index < -0.39 is 5.97 Å². The Balaban J connectivity index is 0.000000771. The molecule has 1 atom stereocenters. The van der Waals surface area contributed by atoms with Crippen molar-refractivity contribution in [3.05, 3.63) is 29.1 Å². The van der Waals surface area contributed by atoms with E-state index in [-0.39, 0.29) is 11.7 Å². The first kappa shape index (κ1) is 14.4. The molecule has 4 nitrogen and oxygen atoms in total. The first-order valence-corrected chi connectivity index (χ1v) is 6.30.